The third-order valence-electron chi connectivity index (χ3n) is 3.00. The highest BCUT2D eigenvalue weighted by atomic mass is 19.1. The second-order valence-corrected chi connectivity index (χ2v) is 4.65. The minimum Gasteiger partial charge on any atom is -0.507 e. The van der Waals surface area contributed by atoms with Gasteiger partial charge in [-0.2, -0.15) is 0 Å². The smallest absolute Gasteiger partial charge is 0.259 e. The van der Waals surface area contributed by atoms with Crippen LogP contribution >= 0.6 is 0 Å². The zero-order chi connectivity index (χ0) is 14.9. The van der Waals surface area contributed by atoms with Gasteiger partial charge in [0.1, 0.15) is 11.6 Å². The Morgan fingerprint density at radius 1 is 1.20 bits per heavy atom. The third-order valence-corrected chi connectivity index (χ3v) is 3.00. The number of hydrogen-bond donors (Lipinski definition) is 3. The molecular formula is C15H15FN2O2. The molecule has 4 nitrogen and oxygen atoms in total. The van der Waals surface area contributed by atoms with E-state index in [2.05, 4.69) is 5.32 Å². The number of carbonyl (C=O) groups is 1. The summed E-state index contributed by atoms with van der Waals surface area (Å²) in [5.41, 5.74) is 8.61. The van der Waals surface area contributed by atoms with Gasteiger partial charge in [-0.25, -0.2) is 4.39 Å². The number of nitrogens with one attached hydrogen (secondary N) is 1. The number of phenolic OH excluding ortho intramolecular Hbond substituents is 1. The van der Waals surface area contributed by atoms with Gasteiger partial charge in [-0.3, -0.25) is 4.79 Å². The van der Waals surface area contributed by atoms with Gasteiger partial charge in [-0.05, 0) is 49.2 Å². The van der Waals surface area contributed by atoms with Crippen molar-refractivity contribution in [1.29, 1.82) is 0 Å². The van der Waals surface area contributed by atoms with Crippen LogP contribution in [0.25, 0.3) is 0 Å². The van der Waals surface area contributed by atoms with Crippen LogP contribution in [0.3, 0.4) is 0 Å². The Morgan fingerprint density at radius 3 is 2.35 bits per heavy atom. The number of hydrogen-bond acceptors (Lipinski definition) is 3. The van der Waals surface area contributed by atoms with Crippen molar-refractivity contribution in [3.05, 3.63) is 52.8 Å². The molecule has 0 bridgehead atoms. The lowest BCUT2D eigenvalue weighted by molar-refractivity contribution is 0.102. The maximum atomic E-state index is 12.9. The first-order valence-corrected chi connectivity index (χ1v) is 6.05. The van der Waals surface area contributed by atoms with Gasteiger partial charge in [0.15, 0.2) is 0 Å². The standard InChI is InChI=1S/C15H15FN2O2/c1-8-5-11(17)6-9(2)14(8)18-15(20)12-4-3-10(16)7-13(12)19/h3-7,19H,17H2,1-2H3,(H,18,20). The molecule has 0 heterocycles. The molecule has 0 aliphatic heterocycles. The van der Waals surface area contributed by atoms with E-state index in [-0.39, 0.29) is 5.56 Å². The van der Waals surface area contributed by atoms with E-state index < -0.39 is 17.5 Å². The maximum absolute atomic E-state index is 12.9. The summed E-state index contributed by atoms with van der Waals surface area (Å²) in [4.78, 5) is 12.1. The SMILES string of the molecule is Cc1cc(N)cc(C)c1NC(=O)c1ccc(F)cc1O. The van der Waals surface area contributed by atoms with Gasteiger partial charge in [0.2, 0.25) is 0 Å². The second-order valence-electron chi connectivity index (χ2n) is 4.65. The molecule has 2 rings (SSSR count). The Kier molecular flexibility index (Phi) is 3.61. The topological polar surface area (TPSA) is 75.3 Å². The third kappa shape index (κ3) is 2.71. The van der Waals surface area contributed by atoms with Crippen molar-refractivity contribution >= 4 is 17.3 Å². The number of rotatable bonds is 2. The minimum absolute atomic E-state index is 0.0158. The van der Waals surface area contributed by atoms with Crippen molar-refractivity contribution in [2.24, 2.45) is 0 Å². The van der Waals surface area contributed by atoms with Gasteiger partial charge < -0.3 is 16.2 Å². The predicted octanol–water partition coefficient (Wildman–Crippen LogP) is 2.98. The molecule has 0 aliphatic carbocycles. The lowest BCUT2D eigenvalue weighted by Gasteiger charge is -2.13. The average molecular weight is 274 g/mol. The van der Waals surface area contributed by atoms with Crippen LogP contribution in [-0.4, -0.2) is 11.0 Å². The molecule has 0 radical (unpaired) electrons. The van der Waals surface area contributed by atoms with Gasteiger partial charge in [0, 0.05) is 17.4 Å². The van der Waals surface area contributed by atoms with Crippen molar-refractivity contribution in [2.75, 3.05) is 11.1 Å². The molecule has 2 aromatic rings. The van der Waals surface area contributed by atoms with Crippen molar-refractivity contribution in [3.8, 4) is 5.75 Å². The summed E-state index contributed by atoms with van der Waals surface area (Å²) >= 11 is 0. The molecule has 1 amide bonds. The Labute approximate surface area is 116 Å². The van der Waals surface area contributed by atoms with E-state index in [0.29, 0.717) is 11.4 Å². The summed E-state index contributed by atoms with van der Waals surface area (Å²) < 4.78 is 12.9. The highest BCUT2D eigenvalue weighted by Crippen LogP contribution is 2.25. The first-order chi connectivity index (χ1) is 9.38. The summed E-state index contributed by atoms with van der Waals surface area (Å²) in [6.45, 7) is 3.65. The number of anilines is 2. The molecule has 4 N–H and O–H groups in total. The number of amides is 1. The molecular weight excluding hydrogens is 259 g/mol. The molecule has 0 atom stereocenters. The average Bonchev–Trinajstić information content (AvgIpc) is 2.33. The normalized spacial score (nSPS) is 10.3. The number of nitrogens with two attached hydrogens (primary N) is 1. The van der Waals surface area contributed by atoms with Crippen LogP contribution in [0.4, 0.5) is 15.8 Å². The van der Waals surface area contributed by atoms with Crippen LogP contribution in [0.5, 0.6) is 5.75 Å². The molecule has 0 spiro atoms. The van der Waals surface area contributed by atoms with Gasteiger partial charge in [-0.1, -0.05) is 0 Å². The molecule has 0 unspecified atom stereocenters. The first kappa shape index (κ1) is 13.9. The molecule has 0 aromatic heterocycles. The van der Waals surface area contributed by atoms with E-state index in [1.54, 1.807) is 12.1 Å². The Morgan fingerprint density at radius 2 is 1.80 bits per heavy atom. The number of nitrogen functional groups attached to an aromatic ring is 1. The molecule has 20 heavy (non-hydrogen) atoms. The van der Waals surface area contributed by atoms with E-state index in [9.17, 15) is 14.3 Å². The molecule has 2 aromatic carbocycles. The summed E-state index contributed by atoms with van der Waals surface area (Å²) in [5, 5.41) is 12.3. The summed E-state index contributed by atoms with van der Waals surface area (Å²) in [7, 11) is 0. The Bertz CT molecular complexity index is 661. The van der Waals surface area contributed by atoms with Crippen LogP contribution in [0, 0.1) is 19.7 Å². The number of carbonyl (C=O) groups excluding carboxylic acids is 1. The van der Waals surface area contributed by atoms with E-state index >= 15 is 0 Å². The highest BCUT2D eigenvalue weighted by Gasteiger charge is 2.14. The van der Waals surface area contributed by atoms with E-state index in [4.69, 9.17) is 5.73 Å². The van der Waals surface area contributed by atoms with E-state index in [1.165, 1.54) is 6.07 Å². The number of aromatic hydroxyl groups is 1. The highest BCUT2D eigenvalue weighted by molar-refractivity contribution is 6.06. The van der Waals surface area contributed by atoms with Crippen molar-refractivity contribution in [2.45, 2.75) is 13.8 Å². The molecule has 0 aliphatic rings. The zero-order valence-corrected chi connectivity index (χ0v) is 11.2. The fourth-order valence-electron chi connectivity index (χ4n) is 2.07. The molecule has 0 saturated heterocycles. The Hall–Kier alpha value is -2.56. The molecule has 104 valence electrons. The van der Waals surface area contributed by atoms with Crippen LogP contribution < -0.4 is 11.1 Å². The molecule has 5 heteroatoms. The van der Waals surface area contributed by atoms with E-state index in [0.717, 1.165) is 23.3 Å². The Balaban J connectivity index is 2.33. The van der Waals surface area contributed by atoms with Crippen LogP contribution in [0.15, 0.2) is 30.3 Å². The summed E-state index contributed by atoms with van der Waals surface area (Å²) in [5.74, 6) is -1.49. The zero-order valence-electron chi connectivity index (χ0n) is 11.2. The maximum Gasteiger partial charge on any atom is 0.259 e. The van der Waals surface area contributed by atoms with Crippen molar-refractivity contribution in [1.82, 2.24) is 0 Å². The number of phenols is 1. The number of aryl methyl sites for hydroxylation is 2. The summed E-state index contributed by atoms with van der Waals surface area (Å²) in [6.07, 6.45) is 0. The quantitative estimate of drug-likeness (QED) is 0.737. The van der Waals surface area contributed by atoms with Gasteiger partial charge in [0.25, 0.3) is 5.91 Å². The molecule has 0 fully saturated rings. The first-order valence-electron chi connectivity index (χ1n) is 6.05. The van der Waals surface area contributed by atoms with E-state index in [1.807, 2.05) is 13.8 Å². The largest absolute Gasteiger partial charge is 0.507 e. The minimum atomic E-state index is -0.598. The van der Waals surface area contributed by atoms with Crippen molar-refractivity contribution < 1.29 is 14.3 Å². The lowest BCUT2D eigenvalue weighted by atomic mass is 10.1. The van der Waals surface area contributed by atoms with Gasteiger partial charge >= 0.3 is 0 Å². The summed E-state index contributed by atoms with van der Waals surface area (Å²) in [6, 6.07) is 6.75. The predicted molar refractivity (Wildman–Crippen MR) is 76.3 cm³/mol. The van der Waals surface area contributed by atoms with Crippen LogP contribution in [-0.2, 0) is 0 Å². The second kappa shape index (κ2) is 5.21. The number of benzene rings is 2. The van der Waals surface area contributed by atoms with Gasteiger partial charge in [-0.15, -0.1) is 0 Å². The van der Waals surface area contributed by atoms with Crippen LogP contribution in [0.2, 0.25) is 0 Å². The lowest BCUT2D eigenvalue weighted by Crippen LogP contribution is -2.14. The fraction of sp³-hybridized carbons (Fsp3) is 0.133. The van der Waals surface area contributed by atoms with Gasteiger partial charge in [0.05, 0.1) is 5.56 Å². The fourth-order valence-corrected chi connectivity index (χ4v) is 2.07. The molecule has 0 saturated carbocycles. The van der Waals surface area contributed by atoms with Crippen molar-refractivity contribution in [3.63, 3.8) is 0 Å². The monoisotopic (exact) mass is 274 g/mol. The number of halogens is 1. The van der Waals surface area contributed by atoms with Crippen LogP contribution in [0.1, 0.15) is 21.5 Å².